The lowest BCUT2D eigenvalue weighted by Crippen LogP contribution is -2.42. The Kier molecular flexibility index (Phi) is 8.38. The number of benzene rings is 2. The van der Waals surface area contributed by atoms with Gasteiger partial charge in [0.15, 0.2) is 0 Å². The van der Waals surface area contributed by atoms with Gasteiger partial charge in [0.05, 0.1) is 19.3 Å². The largest absolute Gasteiger partial charge is 0.497 e. The predicted octanol–water partition coefficient (Wildman–Crippen LogP) is 5.18. The molecule has 2 heterocycles. The smallest absolute Gasteiger partial charge is 0.326 e. The maximum absolute atomic E-state index is 12.9. The molecule has 2 aromatic heterocycles. The van der Waals surface area contributed by atoms with E-state index in [9.17, 15) is 14.7 Å². The van der Waals surface area contributed by atoms with Crippen molar-refractivity contribution in [2.75, 3.05) is 12.4 Å². The Labute approximate surface area is 225 Å². The monoisotopic (exact) mass is 530 g/mol. The first-order valence-electron chi connectivity index (χ1n) is 12.1. The van der Waals surface area contributed by atoms with Crippen LogP contribution in [0.2, 0.25) is 0 Å². The molecule has 0 spiro atoms. The van der Waals surface area contributed by atoms with Gasteiger partial charge in [-0.1, -0.05) is 42.0 Å². The molecule has 0 aliphatic carbocycles. The minimum Gasteiger partial charge on any atom is -0.497 e. The van der Waals surface area contributed by atoms with Crippen molar-refractivity contribution < 1.29 is 19.4 Å². The average molecular weight is 531 g/mol. The summed E-state index contributed by atoms with van der Waals surface area (Å²) in [7, 11) is 1.61. The second-order valence-corrected chi connectivity index (χ2v) is 9.98. The molecule has 0 aliphatic heterocycles. The number of aliphatic carboxylic acids is 1. The summed E-state index contributed by atoms with van der Waals surface area (Å²) in [6.07, 6.45) is 1.85. The van der Waals surface area contributed by atoms with E-state index in [0.29, 0.717) is 17.9 Å². The lowest BCUT2D eigenvalue weighted by atomic mass is 9.98. The van der Waals surface area contributed by atoms with Gasteiger partial charge in [-0.2, -0.15) is 0 Å². The Balaban J connectivity index is 1.39. The SMILES string of the molecule is COc1ccnc(NCc2csc(-c3ccc(CC(NC(=O)c4c(C)cc(C)cc4C)C(=O)O)cc3)n2)c1. The van der Waals surface area contributed by atoms with Crippen molar-refractivity contribution in [3.05, 3.63) is 93.6 Å². The fraction of sp³-hybridized carbons (Fsp3) is 0.241. The van der Waals surface area contributed by atoms with E-state index in [4.69, 9.17) is 9.72 Å². The number of aromatic nitrogens is 2. The van der Waals surface area contributed by atoms with Crippen LogP contribution < -0.4 is 15.4 Å². The van der Waals surface area contributed by atoms with Gasteiger partial charge in [-0.3, -0.25) is 4.79 Å². The van der Waals surface area contributed by atoms with Gasteiger partial charge in [-0.25, -0.2) is 14.8 Å². The highest BCUT2D eigenvalue weighted by Crippen LogP contribution is 2.25. The fourth-order valence-electron chi connectivity index (χ4n) is 4.32. The molecule has 0 saturated heterocycles. The molecule has 38 heavy (non-hydrogen) atoms. The topological polar surface area (TPSA) is 113 Å². The maximum Gasteiger partial charge on any atom is 0.326 e. The van der Waals surface area contributed by atoms with Crippen LogP contribution in [0.25, 0.3) is 10.6 Å². The van der Waals surface area contributed by atoms with Crippen LogP contribution in [0.15, 0.2) is 60.1 Å². The van der Waals surface area contributed by atoms with Crippen molar-refractivity contribution in [1.29, 1.82) is 0 Å². The average Bonchev–Trinajstić information content (AvgIpc) is 3.36. The standard InChI is InChI=1S/C29H30N4O4S/c1-17-11-18(2)26(19(3)12-17)27(34)33-24(29(35)36)13-20-5-7-21(8-6-20)28-32-22(16-38-28)15-31-25-14-23(37-4)9-10-30-25/h5-12,14,16,24H,13,15H2,1-4H3,(H,30,31)(H,33,34)(H,35,36). The van der Waals surface area contributed by atoms with Crippen molar-refractivity contribution in [3.8, 4) is 16.3 Å². The summed E-state index contributed by atoms with van der Waals surface area (Å²) in [5.74, 6) is -0.0211. The molecule has 0 radical (unpaired) electrons. The number of aryl methyl sites for hydroxylation is 3. The first kappa shape index (κ1) is 26.8. The van der Waals surface area contributed by atoms with E-state index in [-0.39, 0.29) is 12.3 Å². The van der Waals surface area contributed by atoms with Gasteiger partial charge < -0.3 is 20.5 Å². The van der Waals surface area contributed by atoms with Crippen LogP contribution in [0.3, 0.4) is 0 Å². The molecule has 1 atom stereocenters. The minimum atomic E-state index is -1.08. The number of carbonyl (C=O) groups is 2. The molecule has 0 fully saturated rings. The summed E-state index contributed by atoms with van der Waals surface area (Å²) in [5, 5.41) is 18.6. The number of methoxy groups -OCH3 is 1. The Morgan fingerprint density at radius 3 is 2.42 bits per heavy atom. The van der Waals surface area contributed by atoms with E-state index >= 15 is 0 Å². The Hall–Kier alpha value is -4.24. The first-order valence-corrected chi connectivity index (χ1v) is 13.0. The highest BCUT2D eigenvalue weighted by atomic mass is 32.1. The highest BCUT2D eigenvalue weighted by molar-refractivity contribution is 7.13. The van der Waals surface area contributed by atoms with Crippen LogP contribution in [0, 0.1) is 20.8 Å². The summed E-state index contributed by atoms with van der Waals surface area (Å²) in [4.78, 5) is 33.8. The van der Waals surface area contributed by atoms with Gasteiger partial charge in [-0.15, -0.1) is 11.3 Å². The number of carboxylic acid groups (broad SMARTS) is 1. The third kappa shape index (κ3) is 6.54. The molecule has 4 aromatic rings. The summed E-state index contributed by atoms with van der Waals surface area (Å²) in [5.41, 5.74) is 5.86. The molecule has 8 nitrogen and oxygen atoms in total. The number of hydrogen-bond donors (Lipinski definition) is 3. The van der Waals surface area contributed by atoms with Crippen LogP contribution in [0.4, 0.5) is 5.82 Å². The molecule has 0 aliphatic rings. The zero-order valence-electron chi connectivity index (χ0n) is 21.7. The number of thiazole rings is 1. The van der Waals surface area contributed by atoms with E-state index in [0.717, 1.165) is 44.3 Å². The summed E-state index contributed by atoms with van der Waals surface area (Å²) in [6.45, 7) is 6.21. The number of anilines is 1. The molecule has 0 saturated carbocycles. The normalized spacial score (nSPS) is 11.6. The van der Waals surface area contributed by atoms with Gasteiger partial charge in [0, 0.05) is 35.2 Å². The molecule has 1 amide bonds. The number of ether oxygens (including phenoxy) is 1. The van der Waals surface area contributed by atoms with E-state index in [1.807, 2.05) is 68.6 Å². The quantitative estimate of drug-likeness (QED) is 0.259. The zero-order valence-corrected chi connectivity index (χ0v) is 22.6. The van der Waals surface area contributed by atoms with Gasteiger partial charge in [0.1, 0.15) is 22.6 Å². The van der Waals surface area contributed by atoms with Crippen LogP contribution in [-0.2, 0) is 17.8 Å². The van der Waals surface area contributed by atoms with Crippen LogP contribution in [-0.4, -0.2) is 40.1 Å². The van der Waals surface area contributed by atoms with Crippen molar-refractivity contribution >= 4 is 29.0 Å². The van der Waals surface area contributed by atoms with Gasteiger partial charge in [0.25, 0.3) is 5.91 Å². The summed E-state index contributed by atoms with van der Waals surface area (Å²) in [6, 6.07) is 14.0. The van der Waals surface area contributed by atoms with Crippen molar-refractivity contribution in [2.45, 2.75) is 39.8 Å². The predicted molar refractivity (Wildman–Crippen MR) is 149 cm³/mol. The Morgan fingerprint density at radius 2 is 1.76 bits per heavy atom. The zero-order chi connectivity index (χ0) is 27.2. The lowest BCUT2D eigenvalue weighted by Gasteiger charge is -2.17. The van der Waals surface area contributed by atoms with Gasteiger partial charge in [0.2, 0.25) is 0 Å². The number of nitrogens with zero attached hydrogens (tertiary/aromatic N) is 2. The highest BCUT2D eigenvalue weighted by Gasteiger charge is 2.23. The van der Waals surface area contributed by atoms with Crippen LogP contribution >= 0.6 is 11.3 Å². The number of pyridine rings is 1. The van der Waals surface area contributed by atoms with E-state index in [1.54, 1.807) is 19.4 Å². The third-order valence-corrected chi connectivity index (χ3v) is 7.06. The molecule has 4 rings (SSSR count). The van der Waals surface area contributed by atoms with E-state index < -0.39 is 12.0 Å². The second kappa shape index (κ2) is 11.9. The summed E-state index contributed by atoms with van der Waals surface area (Å²) >= 11 is 1.53. The molecule has 196 valence electrons. The van der Waals surface area contributed by atoms with Crippen LogP contribution in [0.5, 0.6) is 5.75 Å². The molecular formula is C29H30N4O4S. The van der Waals surface area contributed by atoms with E-state index in [2.05, 4.69) is 15.6 Å². The number of amides is 1. The first-order chi connectivity index (χ1) is 18.2. The van der Waals surface area contributed by atoms with Crippen molar-refractivity contribution in [3.63, 3.8) is 0 Å². The van der Waals surface area contributed by atoms with E-state index in [1.165, 1.54) is 11.3 Å². The molecule has 3 N–H and O–H groups in total. The molecule has 1 unspecified atom stereocenters. The number of rotatable bonds is 10. The minimum absolute atomic E-state index is 0.173. The lowest BCUT2D eigenvalue weighted by molar-refractivity contribution is -0.139. The number of carbonyl (C=O) groups excluding carboxylic acids is 1. The molecule has 9 heteroatoms. The Bertz CT molecular complexity index is 1430. The summed E-state index contributed by atoms with van der Waals surface area (Å²) < 4.78 is 5.22. The third-order valence-electron chi connectivity index (χ3n) is 6.12. The van der Waals surface area contributed by atoms with Crippen molar-refractivity contribution in [1.82, 2.24) is 15.3 Å². The number of carboxylic acids is 1. The number of nitrogens with one attached hydrogen (secondary N) is 2. The van der Waals surface area contributed by atoms with Crippen LogP contribution in [0.1, 0.15) is 38.3 Å². The van der Waals surface area contributed by atoms with Gasteiger partial charge in [-0.05, 0) is 43.5 Å². The second-order valence-electron chi connectivity index (χ2n) is 9.12. The molecule has 0 bridgehead atoms. The fourth-order valence-corrected chi connectivity index (χ4v) is 5.15. The number of hydrogen-bond acceptors (Lipinski definition) is 7. The Morgan fingerprint density at radius 1 is 1.05 bits per heavy atom. The van der Waals surface area contributed by atoms with Crippen molar-refractivity contribution in [2.24, 2.45) is 0 Å². The molecular weight excluding hydrogens is 500 g/mol. The maximum atomic E-state index is 12.9. The molecule has 2 aromatic carbocycles. The van der Waals surface area contributed by atoms with Gasteiger partial charge >= 0.3 is 5.97 Å².